The molecule has 0 aromatic heterocycles. The molecule has 1 aliphatic rings. The summed E-state index contributed by atoms with van der Waals surface area (Å²) in [4.78, 5) is 13.3. The van der Waals surface area contributed by atoms with Crippen LogP contribution < -0.4 is 5.32 Å². The monoisotopic (exact) mass is 423 g/mol. The van der Waals surface area contributed by atoms with E-state index in [0.717, 1.165) is 18.5 Å². The number of nitrogens with one attached hydrogen (secondary N) is 1. The maximum atomic E-state index is 13.3. The van der Waals surface area contributed by atoms with Crippen molar-refractivity contribution in [3.63, 3.8) is 0 Å². The largest absolute Gasteiger partial charge is 0.322 e. The van der Waals surface area contributed by atoms with Crippen LogP contribution in [0.15, 0.2) is 12.1 Å². The minimum atomic E-state index is -1.22. The van der Waals surface area contributed by atoms with E-state index in [1.54, 1.807) is 0 Å². The topological polar surface area (TPSA) is 29.1 Å². The van der Waals surface area contributed by atoms with Crippen LogP contribution in [0.3, 0.4) is 0 Å². The van der Waals surface area contributed by atoms with Gasteiger partial charge in [-0.3, -0.25) is 4.79 Å². The van der Waals surface area contributed by atoms with E-state index >= 15 is 0 Å². The van der Waals surface area contributed by atoms with Gasteiger partial charge in [-0.05, 0) is 71.9 Å². The standard InChI is InChI=1S/C20H32NOP.Y/c1-7-23(8-2,9-3)20(11-10-12-20)19(22)21-18-16(5)13-15(4)14-17(18)6;/h13-14H,7-12H2,1-6H3;/p+1. The molecule has 131 valence electrons. The number of amides is 1. The molecule has 24 heavy (non-hydrogen) atoms. The minimum Gasteiger partial charge on any atom is -0.322 e. The molecule has 1 aromatic carbocycles. The van der Waals surface area contributed by atoms with E-state index in [9.17, 15) is 4.79 Å². The number of benzene rings is 1. The van der Waals surface area contributed by atoms with E-state index in [1.807, 2.05) is 0 Å². The van der Waals surface area contributed by atoms with Crippen LogP contribution in [0.1, 0.15) is 56.7 Å². The fraction of sp³-hybridized carbons (Fsp3) is 0.650. The summed E-state index contributed by atoms with van der Waals surface area (Å²) in [7, 11) is -1.22. The Morgan fingerprint density at radius 2 is 1.50 bits per heavy atom. The van der Waals surface area contributed by atoms with Gasteiger partial charge in [0.1, 0.15) is 0 Å². The third-order valence-corrected chi connectivity index (χ3v) is 12.3. The first kappa shape index (κ1) is 22.3. The van der Waals surface area contributed by atoms with Crippen LogP contribution in [-0.4, -0.2) is 29.5 Å². The number of hydrogen-bond donors (Lipinski definition) is 1. The zero-order valence-corrected chi connectivity index (χ0v) is 20.1. The van der Waals surface area contributed by atoms with Gasteiger partial charge in [-0.25, -0.2) is 0 Å². The molecule has 1 radical (unpaired) electrons. The maximum Gasteiger partial charge on any atom is 0.268 e. The summed E-state index contributed by atoms with van der Waals surface area (Å²) in [5.41, 5.74) is 4.65. The molecule has 0 aliphatic heterocycles. The average molecular weight is 423 g/mol. The molecule has 0 unspecified atom stereocenters. The summed E-state index contributed by atoms with van der Waals surface area (Å²) < 4.78 is 0. The number of carbonyl (C=O) groups is 1. The van der Waals surface area contributed by atoms with Gasteiger partial charge in [0.05, 0.1) is 18.5 Å². The fourth-order valence-electron chi connectivity index (χ4n) is 4.61. The first-order valence-corrected chi connectivity index (χ1v) is 11.5. The molecule has 0 spiro atoms. The second kappa shape index (κ2) is 8.74. The van der Waals surface area contributed by atoms with E-state index in [4.69, 9.17) is 0 Å². The van der Waals surface area contributed by atoms with E-state index in [2.05, 4.69) is 59.0 Å². The van der Waals surface area contributed by atoms with Crippen molar-refractivity contribution in [3.8, 4) is 0 Å². The van der Waals surface area contributed by atoms with Crippen molar-refractivity contribution in [1.29, 1.82) is 0 Å². The molecule has 1 aromatic rings. The predicted octanol–water partition coefficient (Wildman–Crippen LogP) is 5.55. The maximum absolute atomic E-state index is 13.3. The Hall–Kier alpha value is 0.224. The molecule has 2 nitrogen and oxygen atoms in total. The van der Waals surface area contributed by atoms with Crippen molar-refractivity contribution < 1.29 is 37.5 Å². The summed E-state index contributed by atoms with van der Waals surface area (Å²) in [5, 5.41) is 3.29. The zero-order valence-electron chi connectivity index (χ0n) is 16.3. The van der Waals surface area contributed by atoms with Crippen LogP contribution >= 0.6 is 7.26 Å². The van der Waals surface area contributed by atoms with Crippen LogP contribution in [0.4, 0.5) is 5.69 Å². The average Bonchev–Trinajstić information content (AvgIpc) is 2.46. The van der Waals surface area contributed by atoms with Crippen molar-refractivity contribution in [2.75, 3.05) is 23.8 Å². The SMILES string of the molecule is CC[P+](CC)(CC)C1(C(=O)Nc2c(C)cc(C)cc2C)CCC1.[Y]. The van der Waals surface area contributed by atoms with Gasteiger partial charge in [-0.15, -0.1) is 0 Å². The molecular weight excluding hydrogens is 390 g/mol. The Morgan fingerprint density at radius 1 is 1.04 bits per heavy atom. The zero-order chi connectivity index (χ0) is 17.3. The Morgan fingerprint density at radius 3 is 1.83 bits per heavy atom. The summed E-state index contributed by atoms with van der Waals surface area (Å²) in [6.07, 6.45) is 6.97. The fourth-order valence-corrected chi connectivity index (χ4v) is 9.52. The molecule has 0 saturated heterocycles. The van der Waals surface area contributed by atoms with Crippen LogP contribution in [0.25, 0.3) is 0 Å². The van der Waals surface area contributed by atoms with Gasteiger partial charge in [0.2, 0.25) is 0 Å². The van der Waals surface area contributed by atoms with Crippen molar-refractivity contribution >= 4 is 18.9 Å². The van der Waals surface area contributed by atoms with Gasteiger partial charge in [0.25, 0.3) is 5.91 Å². The first-order valence-electron chi connectivity index (χ1n) is 9.11. The van der Waals surface area contributed by atoms with E-state index in [1.165, 1.54) is 41.6 Å². The minimum absolute atomic E-state index is 0. The van der Waals surface area contributed by atoms with Crippen LogP contribution in [0.2, 0.25) is 0 Å². The Balaban J connectivity index is 0.00000288. The van der Waals surface area contributed by atoms with Crippen LogP contribution in [0.5, 0.6) is 0 Å². The molecule has 2 rings (SSSR count). The molecule has 0 bridgehead atoms. The second-order valence-corrected chi connectivity index (χ2v) is 12.3. The molecule has 4 heteroatoms. The molecule has 0 atom stereocenters. The third-order valence-electron chi connectivity index (χ3n) is 6.24. The van der Waals surface area contributed by atoms with Gasteiger partial charge in [0, 0.05) is 45.7 Å². The van der Waals surface area contributed by atoms with Crippen LogP contribution in [0, 0.1) is 20.8 Å². The molecule has 0 heterocycles. The van der Waals surface area contributed by atoms with Gasteiger partial charge in [-0.2, -0.15) is 0 Å². The van der Waals surface area contributed by atoms with Crippen LogP contribution in [-0.2, 0) is 37.5 Å². The van der Waals surface area contributed by atoms with E-state index < -0.39 is 7.26 Å². The first-order chi connectivity index (χ1) is 10.9. The number of rotatable bonds is 6. The van der Waals surface area contributed by atoms with Gasteiger partial charge >= 0.3 is 0 Å². The van der Waals surface area contributed by atoms with Gasteiger partial charge in [-0.1, -0.05) is 17.7 Å². The third kappa shape index (κ3) is 3.67. The molecule has 1 aliphatic carbocycles. The van der Waals surface area contributed by atoms with Crippen molar-refractivity contribution in [2.24, 2.45) is 0 Å². The molecule has 1 fully saturated rings. The Labute approximate surface area is 174 Å². The van der Waals surface area contributed by atoms with E-state index in [0.29, 0.717) is 5.91 Å². The van der Waals surface area contributed by atoms with Gasteiger partial charge in [0.15, 0.2) is 5.16 Å². The number of anilines is 1. The normalized spacial score (nSPS) is 16.1. The molecule has 1 saturated carbocycles. The Bertz CT molecular complexity index is 560. The molecule has 1 amide bonds. The number of carbonyl (C=O) groups excluding carboxylic acids is 1. The van der Waals surface area contributed by atoms with Gasteiger partial charge < -0.3 is 5.32 Å². The van der Waals surface area contributed by atoms with Crippen molar-refractivity contribution in [2.45, 2.75) is 66.0 Å². The second-order valence-electron chi connectivity index (χ2n) is 7.21. The summed E-state index contributed by atoms with van der Waals surface area (Å²) in [6.45, 7) is 13.2. The van der Waals surface area contributed by atoms with Crippen molar-refractivity contribution in [1.82, 2.24) is 0 Å². The molecular formula is C20H33NOPY+. The number of aryl methyl sites for hydroxylation is 3. The number of hydrogen-bond acceptors (Lipinski definition) is 1. The predicted molar refractivity (Wildman–Crippen MR) is 104 cm³/mol. The summed E-state index contributed by atoms with van der Waals surface area (Å²) >= 11 is 0. The quantitative estimate of drug-likeness (QED) is 0.598. The van der Waals surface area contributed by atoms with Crippen molar-refractivity contribution in [3.05, 3.63) is 28.8 Å². The summed E-state index contributed by atoms with van der Waals surface area (Å²) in [6, 6.07) is 4.33. The smallest absolute Gasteiger partial charge is 0.268 e. The van der Waals surface area contributed by atoms with E-state index in [-0.39, 0.29) is 37.9 Å². The molecule has 1 N–H and O–H groups in total. The summed E-state index contributed by atoms with van der Waals surface area (Å²) in [5.74, 6) is 0.303. The Kier molecular flexibility index (Phi) is 8.11.